The molecule has 0 amide bonds. The summed E-state index contributed by atoms with van der Waals surface area (Å²) < 4.78 is 57.1. The van der Waals surface area contributed by atoms with Crippen molar-refractivity contribution in [1.82, 2.24) is 5.32 Å². The standard InChI is InChI=1S/C12H11F4NO3/c13-6-3-7(14)10(16)11(9(6)15)20-4-8(12(18)19)17-5-1-2-5/h3,5,8,17H,1-2,4H2,(H,18,19). The topological polar surface area (TPSA) is 58.6 Å². The fourth-order valence-electron chi connectivity index (χ4n) is 1.57. The molecule has 0 radical (unpaired) electrons. The smallest absolute Gasteiger partial charge is 0.324 e. The molecule has 0 aromatic heterocycles. The summed E-state index contributed by atoms with van der Waals surface area (Å²) in [7, 11) is 0. The molecule has 8 heteroatoms. The lowest BCUT2D eigenvalue weighted by Gasteiger charge is -2.16. The van der Waals surface area contributed by atoms with Gasteiger partial charge in [0.15, 0.2) is 17.4 Å². The summed E-state index contributed by atoms with van der Waals surface area (Å²) in [6.07, 6.45) is 1.59. The highest BCUT2D eigenvalue weighted by atomic mass is 19.2. The maximum absolute atomic E-state index is 13.3. The maximum Gasteiger partial charge on any atom is 0.324 e. The van der Waals surface area contributed by atoms with Gasteiger partial charge in [-0.25, -0.2) is 8.78 Å². The van der Waals surface area contributed by atoms with Crippen LogP contribution in [0.15, 0.2) is 6.07 Å². The molecule has 1 aromatic carbocycles. The summed E-state index contributed by atoms with van der Waals surface area (Å²) in [5.41, 5.74) is 0. The Morgan fingerprint density at radius 3 is 2.30 bits per heavy atom. The molecule has 1 unspecified atom stereocenters. The minimum absolute atomic E-state index is 0.0126. The van der Waals surface area contributed by atoms with Gasteiger partial charge in [-0.3, -0.25) is 10.1 Å². The van der Waals surface area contributed by atoms with Crippen molar-refractivity contribution in [3.63, 3.8) is 0 Å². The van der Waals surface area contributed by atoms with Crippen LogP contribution in [0.5, 0.6) is 5.75 Å². The van der Waals surface area contributed by atoms with Crippen LogP contribution in [0.25, 0.3) is 0 Å². The largest absolute Gasteiger partial charge is 0.485 e. The quantitative estimate of drug-likeness (QED) is 0.620. The van der Waals surface area contributed by atoms with Gasteiger partial charge < -0.3 is 9.84 Å². The van der Waals surface area contributed by atoms with Gasteiger partial charge in [-0.15, -0.1) is 0 Å². The highest BCUT2D eigenvalue weighted by molar-refractivity contribution is 5.73. The number of carboxylic acids is 1. The second-order valence-electron chi connectivity index (χ2n) is 4.44. The first-order valence-corrected chi connectivity index (χ1v) is 5.84. The lowest BCUT2D eigenvalue weighted by atomic mass is 10.2. The van der Waals surface area contributed by atoms with E-state index in [9.17, 15) is 22.4 Å². The molecule has 0 bridgehead atoms. The van der Waals surface area contributed by atoms with Crippen molar-refractivity contribution in [2.75, 3.05) is 6.61 Å². The predicted octanol–water partition coefficient (Wildman–Crippen LogP) is 1.83. The van der Waals surface area contributed by atoms with Gasteiger partial charge in [0.05, 0.1) is 0 Å². The second kappa shape index (κ2) is 5.66. The van der Waals surface area contributed by atoms with Crippen molar-refractivity contribution in [1.29, 1.82) is 0 Å². The van der Waals surface area contributed by atoms with E-state index in [0.29, 0.717) is 0 Å². The first-order chi connectivity index (χ1) is 9.40. The van der Waals surface area contributed by atoms with E-state index in [2.05, 4.69) is 10.1 Å². The molecule has 110 valence electrons. The lowest BCUT2D eigenvalue weighted by Crippen LogP contribution is -2.42. The number of benzene rings is 1. The molecule has 0 aliphatic heterocycles. The zero-order valence-electron chi connectivity index (χ0n) is 10.1. The minimum atomic E-state index is -1.69. The van der Waals surface area contributed by atoms with Crippen molar-refractivity contribution < 1.29 is 32.2 Å². The van der Waals surface area contributed by atoms with Crippen molar-refractivity contribution in [2.45, 2.75) is 24.9 Å². The molecule has 1 aliphatic rings. The Morgan fingerprint density at radius 2 is 1.85 bits per heavy atom. The Morgan fingerprint density at radius 1 is 1.30 bits per heavy atom. The maximum atomic E-state index is 13.3. The molecular weight excluding hydrogens is 282 g/mol. The van der Waals surface area contributed by atoms with Crippen LogP contribution in [0.3, 0.4) is 0 Å². The Kier molecular flexibility index (Phi) is 4.12. The van der Waals surface area contributed by atoms with E-state index in [1.165, 1.54) is 0 Å². The normalized spacial score (nSPS) is 16.0. The minimum Gasteiger partial charge on any atom is -0.485 e. The Hall–Kier alpha value is -1.83. The Bertz CT molecular complexity index is 508. The average molecular weight is 293 g/mol. The average Bonchev–Trinajstić information content (AvgIpc) is 3.18. The molecule has 1 atom stereocenters. The van der Waals surface area contributed by atoms with E-state index in [-0.39, 0.29) is 12.1 Å². The lowest BCUT2D eigenvalue weighted by molar-refractivity contribution is -0.140. The van der Waals surface area contributed by atoms with Gasteiger partial charge in [0, 0.05) is 12.1 Å². The predicted molar refractivity (Wildman–Crippen MR) is 59.4 cm³/mol. The van der Waals surface area contributed by atoms with Crippen molar-refractivity contribution >= 4 is 5.97 Å². The summed E-state index contributed by atoms with van der Waals surface area (Å²) >= 11 is 0. The summed E-state index contributed by atoms with van der Waals surface area (Å²) in [6.45, 7) is -0.650. The van der Waals surface area contributed by atoms with Crippen LogP contribution in [0, 0.1) is 23.3 Å². The molecule has 4 nitrogen and oxygen atoms in total. The molecule has 0 heterocycles. The molecular formula is C12H11F4NO3. The van der Waals surface area contributed by atoms with Crippen LogP contribution in [-0.4, -0.2) is 29.8 Å². The van der Waals surface area contributed by atoms with Crippen molar-refractivity contribution in [2.24, 2.45) is 0 Å². The van der Waals surface area contributed by atoms with Crippen LogP contribution in [0.4, 0.5) is 17.6 Å². The SMILES string of the molecule is O=C(O)C(COc1c(F)c(F)cc(F)c1F)NC1CC1. The van der Waals surface area contributed by atoms with Crippen molar-refractivity contribution in [3.8, 4) is 5.75 Å². The zero-order chi connectivity index (χ0) is 14.9. The number of rotatable bonds is 6. The Labute approximate surface area is 111 Å². The summed E-state index contributed by atoms with van der Waals surface area (Å²) in [5, 5.41) is 11.6. The molecule has 1 fully saturated rings. The highest BCUT2D eigenvalue weighted by Crippen LogP contribution is 2.27. The van der Waals surface area contributed by atoms with E-state index in [0.717, 1.165) is 12.8 Å². The summed E-state index contributed by atoms with van der Waals surface area (Å²) in [6, 6.07) is -1.15. The molecule has 0 saturated heterocycles. The van der Waals surface area contributed by atoms with Crippen molar-refractivity contribution in [3.05, 3.63) is 29.3 Å². The first-order valence-electron chi connectivity index (χ1n) is 5.84. The summed E-state index contributed by atoms with van der Waals surface area (Å²) in [4.78, 5) is 10.9. The fraction of sp³-hybridized carbons (Fsp3) is 0.417. The number of halogens is 4. The van der Waals surface area contributed by atoms with E-state index in [4.69, 9.17) is 5.11 Å². The second-order valence-corrected chi connectivity index (χ2v) is 4.44. The molecule has 1 aromatic rings. The third-order valence-corrected chi connectivity index (χ3v) is 2.78. The number of ether oxygens (including phenoxy) is 1. The third-order valence-electron chi connectivity index (χ3n) is 2.78. The van der Waals surface area contributed by atoms with Gasteiger partial charge >= 0.3 is 5.97 Å². The van der Waals surface area contributed by atoms with E-state index < -0.39 is 47.6 Å². The third kappa shape index (κ3) is 3.19. The van der Waals surface area contributed by atoms with E-state index in [1.54, 1.807) is 0 Å². The molecule has 1 saturated carbocycles. The van der Waals surface area contributed by atoms with Gasteiger partial charge in [-0.1, -0.05) is 0 Å². The van der Waals surface area contributed by atoms with Gasteiger partial charge in [0.1, 0.15) is 12.6 Å². The van der Waals surface area contributed by atoms with Gasteiger partial charge in [0.25, 0.3) is 0 Å². The number of hydrogen-bond acceptors (Lipinski definition) is 3. The number of nitrogens with one attached hydrogen (secondary N) is 1. The number of aliphatic carboxylic acids is 1. The molecule has 2 rings (SSSR count). The molecule has 0 spiro atoms. The number of carboxylic acid groups (broad SMARTS) is 1. The monoisotopic (exact) mass is 293 g/mol. The van der Waals surface area contributed by atoms with Gasteiger partial charge in [-0.05, 0) is 12.8 Å². The van der Waals surface area contributed by atoms with Crippen LogP contribution in [0.1, 0.15) is 12.8 Å². The Balaban J connectivity index is 2.10. The fourth-order valence-corrected chi connectivity index (χ4v) is 1.57. The van der Waals surface area contributed by atoms with E-state index >= 15 is 0 Å². The van der Waals surface area contributed by atoms with Crippen LogP contribution in [-0.2, 0) is 4.79 Å². The van der Waals surface area contributed by atoms with Gasteiger partial charge in [-0.2, -0.15) is 8.78 Å². The van der Waals surface area contributed by atoms with E-state index in [1.807, 2.05) is 0 Å². The molecule has 20 heavy (non-hydrogen) atoms. The zero-order valence-corrected chi connectivity index (χ0v) is 10.1. The highest BCUT2D eigenvalue weighted by Gasteiger charge is 2.30. The summed E-state index contributed by atoms with van der Waals surface area (Å²) in [5.74, 6) is -9.15. The molecule has 2 N–H and O–H groups in total. The number of carbonyl (C=O) groups is 1. The van der Waals surface area contributed by atoms with Crippen LogP contribution < -0.4 is 10.1 Å². The van der Waals surface area contributed by atoms with Gasteiger partial charge in [0.2, 0.25) is 11.6 Å². The van der Waals surface area contributed by atoms with Crippen LogP contribution >= 0.6 is 0 Å². The van der Waals surface area contributed by atoms with Crippen LogP contribution in [0.2, 0.25) is 0 Å². The molecule has 1 aliphatic carbocycles. The first kappa shape index (κ1) is 14.6. The number of hydrogen-bond donors (Lipinski definition) is 2.